The lowest BCUT2D eigenvalue weighted by Crippen LogP contribution is -2.50. The molecule has 1 aliphatic carbocycles. The molecule has 0 aliphatic heterocycles. The van der Waals surface area contributed by atoms with Crippen molar-refractivity contribution in [1.82, 2.24) is 0 Å². The van der Waals surface area contributed by atoms with Crippen molar-refractivity contribution < 1.29 is 19.9 Å². The molecule has 0 saturated heterocycles. The molecule has 0 aromatic heterocycles. The number of carboxylic acids is 1. The molecule has 14 heavy (non-hydrogen) atoms. The van der Waals surface area contributed by atoms with Gasteiger partial charge in [-0.3, -0.25) is 4.79 Å². The first-order chi connectivity index (χ1) is 6.44. The zero-order valence-corrected chi connectivity index (χ0v) is 8.02. The Balaban J connectivity index is 2.42. The summed E-state index contributed by atoms with van der Waals surface area (Å²) >= 11 is 0. The van der Waals surface area contributed by atoms with Crippen LogP contribution >= 0.6 is 0 Å². The van der Waals surface area contributed by atoms with Crippen LogP contribution in [0.2, 0.25) is 6.32 Å². The minimum atomic E-state index is -1.30. The first-order valence-corrected chi connectivity index (χ1v) is 4.82. The Morgan fingerprint density at radius 3 is 2.29 bits per heavy atom. The molecule has 1 saturated carbocycles. The van der Waals surface area contributed by atoms with E-state index in [0.717, 1.165) is 0 Å². The van der Waals surface area contributed by atoms with Gasteiger partial charge in [0.05, 0.1) is 0 Å². The van der Waals surface area contributed by atoms with Crippen molar-refractivity contribution in [3.63, 3.8) is 0 Å². The summed E-state index contributed by atoms with van der Waals surface area (Å²) < 4.78 is 0. The van der Waals surface area contributed by atoms with E-state index in [1.807, 2.05) is 0 Å². The lowest BCUT2D eigenvalue weighted by molar-refractivity contribution is -0.144. The van der Waals surface area contributed by atoms with Gasteiger partial charge in [0.1, 0.15) is 5.54 Å². The molecule has 0 radical (unpaired) electrons. The fourth-order valence-electron chi connectivity index (χ4n) is 1.94. The number of carboxylic acid groups (broad SMARTS) is 1. The molecule has 0 amide bonds. The summed E-state index contributed by atoms with van der Waals surface area (Å²) in [7, 11) is -1.30. The van der Waals surface area contributed by atoms with E-state index in [9.17, 15) is 4.79 Å². The van der Waals surface area contributed by atoms with Gasteiger partial charge < -0.3 is 20.9 Å². The minimum absolute atomic E-state index is 0.186. The Bertz CT molecular complexity index is 213. The van der Waals surface area contributed by atoms with Gasteiger partial charge in [-0.25, -0.2) is 0 Å². The maximum absolute atomic E-state index is 10.8. The molecule has 1 fully saturated rings. The van der Waals surface area contributed by atoms with E-state index < -0.39 is 18.6 Å². The van der Waals surface area contributed by atoms with Gasteiger partial charge >= 0.3 is 13.1 Å². The van der Waals surface area contributed by atoms with E-state index >= 15 is 0 Å². The number of rotatable bonds is 3. The van der Waals surface area contributed by atoms with Crippen LogP contribution in [0.4, 0.5) is 0 Å². The van der Waals surface area contributed by atoms with Gasteiger partial charge in [0, 0.05) is 0 Å². The van der Waals surface area contributed by atoms with Gasteiger partial charge in [-0.05, 0) is 37.9 Å². The third kappa shape index (κ3) is 2.70. The van der Waals surface area contributed by atoms with Crippen LogP contribution in [0.5, 0.6) is 0 Å². The third-order valence-electron chi connectivity index (χ3n) is 2.97. The smallest absolute Gasteiger partial charge is 0.451 e. The van der Waals surface area contributed by atoms with Crippen LogP contribution in [0.15, 0.2) is 0 Å². The Morgan fingerprint density at radius 2 is 1.93 bits per heavy atom. The van der Waals surface area contributed by atoms with Gasteiger partial charge in [0.15, 0.2) is 0 Å². The first-order valence-electron chi connectivity index (χ1n) is 4.82. The molecule has 0 spiro atoms. The summed E-state index contributed by atoms with van der Waals surface area (Å²) in [4.78, 5) is 10.8. The van der Waals surface area contributed by atoms with E-state index in [1.54, 1.807) is 0 Å². The maximum atomic E-state index is 10.8. The second-order valence-electron chi connectivity index (χ2n) is 4.12. The van der Waals surface area contributed by atoms with Crippen molar-refractivity contribution in [2.24, 2.45) is 11.7 Å². The molecule has 0 heterocycles. The summed E-state index contributed by atoms with van der Waals surface area (Å²) in [5, 5.41) is 26.3. The summed E-state index contributed by atoms with van der Waals surface area (Å²) in [6, 6.07) is 0. The van der Waals surface area contributed by atoms with Gasteiger partial charge in [-0.15, -0.1) is 0 Å². The average molecular weight is 201 g/mol. The van der Waals surface area contributed by atoms with Gasteiger partial charge in [-0.2, -0.15) is 0 Å². The zero-order valence-electron chi connectivity index (χ0n) is 8.02. The number of nitrogens with two attached hydrogens (primary N) is 1. The number of aliphatic carboxylic acids is 1. The van der Waals surface area contributed by atoms with Crippen LogP contribution in [0.3, 0.4) is 0 Å². The van der Waals surface area contributed by atoms with E-state index in [1.165, 1.54) is 0 Å². The predicted molar refractivity (Wildman–Crippen MR) is 51.5 cm³/mol. The molecule has 0 aromatic rings. The molecule has 0 bridgehead atoms. The number of hydrogen-bond donors (Lipinski definition) is 4. The van der Waals surface area contributed by atoms with Gasteiger partial charge in [0.25, 0.3) is 0 Å². The predicted octanol–water partition coefficient (Wildman–Crippen LogP) is -0.569. The fraction of sp³-hybridized carbons (Fsp3) is 0.875. The summed E-state index contributed by atoms with van der Waals surface area (Å²) in [6.07, 6.45) is 2.45. The highest BCUT2D eigenvalue weighted by Gasteiger charge is 2.38. The Labute approximate surface area is 83.1 Å². The lowest BCUT2D eigenvalue weighted by atomic mass is 9.68. The van der Waals surface area contributed by atoms with E-state index in [4.69, 9.17) is 20.9 Å². The zero-order chi connectivity index (χ0) is 10.8. The Morgan fingerprint density at radius 1 is 1.43 bits per heavy atom. The van der Waals surface area contributed by atoms with Crippen molar-refractivity contribution in [3.8, 4) is 0 Å². The fourth-order valence-corrected chi connectivity index (χ4v) is 1.94. The highest BCUT2D eigenvalue weighted by molar-refractivity contribution is 6.41. The molecular formula is C8H16BNO4. The van der Waals surface area contributed by atoms with Crippen LogP contribution in [-0.4, -0.2) is 33.8 Å². The molecule has 5 N–H and O–H groups in total. The quantitative estimate of drug-likeness (QED) is 0.458. The maximum Gasteiger partial charge on any atom is 0.451 e. The van der Waals surface area contributed by atoms with Crippen molar-refractivity contribution in [1.29, 1.82) is 0 Å². The van der Waals surface area contributed by atoms with Crippen LogP contribution < -0.4 is 5.73 Å². The normalized spacial score (nSPS) is 32.6. The van der Waals surface area contributed by atoms with E-state index in [-0.39, 0.29) is 5.92 Å². The second-order valence-corrected chi connectivity index (χ2v) is 4.12. The average Bonchev–Trinajstić information content (AvgIpc) is 2.08. The van der Waals surface area contributed by atoms with Crippen LogP contribution in [0.1, 0.15) is 25.7 Å². The molecule has 5 nitrogen and oxygen atoms in total. The summed E-state index contributed by atoms with van der Waals surface area (Å²) in [6.45, 7) is 0. The van der Waals surface area contributed by atoms with Crippen molar-refractivity contribution >= 4 is 13.1 Å². The number of carbonyl (C=O) groups is 1. The van der Waals surface area contributed by atoms with Crippen molar-refractivity contribution in [3.05, 3.63) is 0 Å². The number of hydrogen-bond acceptors (Lipinski definition) is 4. The van der Waals surface area contributed by atoms with Crippen molar-refractivity contribution in [2.45, 2.75) is 37.5 Å². The highest BCUT2D eigenvalue weighted by atomic mass is 16.4. The largest absolute Gasteiger partial charge is 0.480 e. The van der Waals surface area contributed by atoms with E-state index in [0.29, 0.717) is 32.0 Å². The summed E-state index contributed by atoms with van der Waals surface area (Å²) in [5.74, 6) is -0.772. The molecule has 1 rings (SSSR count). The molecule has 1 aliphatic rings. The third-order valence-corrected chi connectivity index (χ3v) is 2.97. The highest BCUT2D eigenvalue weighted by Crippen LogP contribution is 2.32. The van der Waals surface area contributed by atoms with Crippen molar-refractivity contribution in [2.75, 3.05) is 0 Å². The molecule has 6 heteroatoms. The van der Waals surface area contributed by atoms with Crippen LogP contribution in [0, 0.1) is 5.92 Å². The van der Waals surface area contributed by atoms with Gasteiger partial charge in [-0.1, -0.05) is 0 Å². The lowest BCUT2D eigenvalue weighted by Gasteiger charge is -2.33. The van der Waals surface area contributed by atoms with Crippen LogP contribution in [0.25, 0.3) is 0 Å². The molecule has 0 atom stereocenters. The van der Waals surface area contributed by atoms with E-state index in [2.05, 4.69) is 0 Å². The topological polar surface area (TPSA) is 104 Å². The minimum Gasteiger partial charge on any atom is -0.480 e. The monoisotopic (exact) mass is 201 g/mol. The Kier molecular flexibility index (Phi) is 3.52. The molecular weight excluding hydrogens is 185 g/mol. The summed E-state index contributed by atoms with van der Waals surface area (Å²) in [5.41, 5.74) is 4.57. The SMILES string of the molecule is NC1(C(=O)O)CCC(CB(O)O)CC1. The molecule has 0 aromatic carbocycles. The first kappa shape index (κ1) is 11.5. The standard InChI is InChI=1S/C8H16BNO4/c10-8(7(11)12)3-1-6(2-4-8)5-9(13)14/h6,13-14H,1-5,10H2,(H,11,12). The Hall–Kier alpha value is -0.585. The van der Waals surface area contributed by atoms with Crippen LogP contribution in [-0.2, 0) is 4.79 Å². The second kappa shape index (κ2) is 4.29. The molecule has 80 valence electrons. The molecule has 0 unspecified atom stereocenters. The van der Waals surface area contributed by atoms with Gasteiger partial charge in [0.2, 0.25) is 0 Å².